The van der Waals surface area contributed by atoms with Crippen LogP contribution in [0.5, 0.6) is 0 Å². The van der Waals surface area contributed by atoms with Gasteiger partial charge in [-0.1, -0.05) is 0 Å². The Labute approximate surface area is 98.2 Å². The fourth-order valence-corrected chi connectivity index (χ4v) is 1.93. The van der Waals surface area contributed by atoms with E-state index in [0.29, 0.717) is 18.3 Å². The van der Waals surface area contributed by atoms with E-state index in [9.17, 15) is 14.5 Å². The van der Waals surface area contributed by atoms with Gasteiger partial charge in [0.05, 0.1) is 4.92 Å². The Balaban J connectivity index is 2.00. The minimum atomic E-state index is -0.806. The molecule has 0 amide bonds. The summed E-state index contributed by atoms with van der Waals surface area (Å²) >= 11 is 0. The zero-order valence-corrected chi connectivity index (χ0v) is 9.28. The van der Waals surface area contributed by atoms with E-state index in [1.807, 2.05) is 0 Å². The second kappa shape index (κ2) is 5.09. The Bertz CT molecular complexity index is 419. The largest absolute Gasteiger partial charge is 0.383 e. The third-order valence-electron chi connectivity index (χ3n) is 2.86. The first-order valence-electron chi connectivity index (χ1n) is 5.58. The molecule has 1 aliphatic heterocycles. The predicted octanol–water partition coefficient (Wildman–Crippen LogP) is 1.90. The first-order valence-corrected chi connectivity index (χ1v) is 5.58. The SMILES string of the molecule is O=[N+]([O-])c1cc(NCC2CCCN2)ccc1F. The molecule has 1 heterocycles. The van der Waals surface area contributed by atoms with Crippen LogP contribution in [-0.4, -0.2) is 24.1 Å². The van der Waals surface area contributed by atoms with Gasteiger partial charge in [-0.15, -0.1) is 0 Å². The maximum atomic E-state index is 13.1. The van der Waals surface area contributed by atoms with Crippen molar-refractivity contribution in [1.82, 2.24) is 5.32 Å². The highest BCUT2D eigenvalue weighted by atomic mass is 19.1. The molecular formula is C11H14FN3O2. The molecule has 0 radical (unpaired) electrons. The van der Waals surface area contributed by atoms with Crippen LogP contribution >= 0.6 is 0 Å². The second-order valence-corrected chi connectivity index (χ2v) is 4.10. The van der Waals surface area contributed by atoms with Gasteiger partial charge in [-0.3, -0.25) is 10.1 Å². The summed E-state index contributed by atoms with van der Waals surface area (Å²) in [4.78, 5) is 9.85. The third kappa shape index (κ3) is 2.91. The minimum Gasteiger partial charge on any atom is -0.383 e. The molecule has 1 aromatic rings. The summed E-state index contributed by atoms with van der Waals surface area (Å²) in [5, 5.41) is 16.9. The Morgan fingerprint density at radius 1 is 1.59 bits per heavy atom. The molecule has 1 fully saturated rings. The number of nitro groups is 1. The first-order chi connectivity index (χ1) is 8.16. The number of anilines is 1. The molecule has 17 heavy (non-hydrogen) atoms. The number of nitro benzene ring substituents is 1. The van der Waals surface area contributed by atoms with Crippen molar-refractivity contribution in [3.05, 3.63) is 34.1 Å². The van der Waals surface area contributed by atoms with Crippen LogP contribution in [0.3, 0.4) is 0 Å². The van der Waals surface area contributed by atoms with Gasteiger partial charge in [0, 0.05) is 24.3 Å². The van der Waals surface area contributed by atoms with Gasteiger partial charge in [-0.25, -0.2) is 0 Å². The highest BCUT2D eigenvalue weighted by molar-refractivity contribution is 5.51. The number of nitrogens with one attached hydrogen (secondary N) is 2. The molecule has 6 heteroatoms. The van der Waals surface area contributed by atoms with Crippen molar-refractivity contribution in [2.45, 2.75) is 18.9 Å². The van der Waals surface area contributed by atoms with E-state index in [1.165, 1.54) is 12.1 Å². The van der Waals surface area contributed by atoms with Gasteiger partial charge in [0.2, 0.25) is 5.82 Å². The number of hydrogen-bond donors (Lipinski definition) is 2. The monoisotopic (exact) mass is 239 g/mol. The number of rotatable bonds is 4. The van der Waals surface area contributed by atoms with Crippen LogP contribution in [0.2, 0.25) is 0 Å². The smallest absolute Gasteiger partial charge is 0.306 e. The van der Waals surface area contributed by atoms with Gasteiger partial charge in [0.1, 0.15) is 0 Å². The van der Waals surface area contributed by atoms with Crippen molar-refractivity contribution in [3.63, 3.8) is 0 Å². The quantitative estimate of drug-likeness (QED) is 0.622. The molecule has 2 rings (SSSR count). The number of hydrogen-bond acceptors (Lipinski definition) is 4. The lowest BCUT2D eigenvalue weighted by Crippen LogP contribution is -2.29. The number of nitrogens with zero attached hydrogens (tertiary/aromatic N) is 1. The summed E-state index contributed by atoms with van der Waals surface area (Å²) in [6.45, 7) is 1.71. The molecule has 0 bridgehead atoms. The van der Waals surface area contributed by atoms with Crippen molar-refractivity contribution in [1.29, 1.82) is 0 Å². The summed E-state index contributed by atoms with van der Waals surface area (Å²) in [6, 6.07) is 4.24. The zero-order valence-electron chi connectivity index (χ0n) is 9.28. The Morgan fingerprint density at radius 3 is 3.06 bits per heavy atom. The highest BCUT2D eigenvalue weighted by Crippen LogP contribution is 2.21. The van der Waals surface area contributed by atoms with E-state index in [0.717, 1.165) is 25.5 Å². The first kappa shape index (κ1) is 11.8. The van der Waals surface area contributed by atoms with Crippen LogP contribution in [-0.2, 0) is 0 Å². The lowest BCUT2D eigenvalue weighted by molar-refractivity contribution is -0.387. The lowest BCUT2D eigenvalue weighted by Gasteiger charge is -2.12. The summed E-state index contributed by atoms with van der Waals surface area (Å²) in [6.07, 6.45) is 2.24. The fraction of sp³-hybridized carbons (Fsp3) is 0.455. The third-order valence-corrected chi connectivity index (χ3v) is 2.86. The average molecular weight is 239 g/mol. The minimum absolute atomic E-state index is 0.388. The molecule has 5 nitrogen and oxygen atoms in total. The Kier molecular flexibility index (Phi) is 3.53. The normalized spacial score (nSPS) is 19.2. The molecule has 0 aliphatic carbocycles. The van der Waals surface area contributed by atoms with Crippen LogP contribution in [0.4, 0.5) is 15.8 Å². The predicted molar refractivity (Wildman–Crippen MR) is 62.6 cm³/mol. The van der Waals surface area contributed by atoms with E-state index in [4.69, 9.17) is 0 Å². The van der Waals surface area contributed by atoms with Crippen LogP contribution in [0.1, 0.15) is 12.8 Å². The molecule has 1 unspecified atom stereocenters. The van der Waals surface area contributed by atoms with E-state index < -0.39 is 16.4 Å². The molecule has 0 spiro atoms. The lowest BCUT2D eigenvalue weighted by atomic mass is 10.2. The van der Waals surface area contributed by atoms with Crippen molar-refractivity contribution >= 4 is 11.4 Å². The van der Waals surface area contributed by atoms with E-state index in [2.05, 4.69) is 10.6 Å². The summed E-state index contributed by atoms with van der Waals surface area (Å²) in [7, 11) is 0. The maximum Gasteiger partial charge on any atom is 0.306 e. The standard InChI is InChI=1S/C11H14FN3O2/c12-10-4-3-8(6-11(10)15(16)17)14-7-9-2-1-5-13-9/h3-4,6,9,13-14H,1-2,5,7H2. The van der Waals surface area contributed by atoms with Crippen molar-refractivity contribution in [3.8, 4) is 0 Å². The average Bonchev–Trinajstić information content (AvgIpc) is 2.80. The molecule has 92 valence electrons. The Morgan fingerprint density at radius 2 is 2.41 bits per heavy atom. The highest BCUT2D eigenvalue weighted by Gasteiger charge is 2.16. The summed E-state index contributed by atoms with van der Waals surface area (Å²) < 4.78 is 13.1. The van der Waals surface area contributed by atoms with Gasteiger partial charge in [0.15, 0.2) is 0 Å². The Hall–Kier alpha value is -1.69. The van der Waals surface area contributed by atoms with Crippen molar-refractivity contribution in [2.24, 2.45) is 0 Å². The van der Waals surface area contributed by atoms with Gasteiger partial charge in [-0.2, -0.15) is 4.39 Å². The van der Waals surface area contributed by atoms with Crippen molar-refractivity contribution < 1.29 is 9.31 Å². The molecule has 1 saturated heterocycles. The number of halogens is 1. The molecule has 1 aliphatic rings. The van der Waals surface area contributed by atoms with Crippen molar-refractivity contribution in [2.75, 3.05) is 18.4 Å². The van der Waals surface area contributed by atoms with Crippen LogP contribution in [0.25, 0.3) is 0 Å². The van der Waals surface area contributed by atoms with Gasteiger partial charge < -0.3 is 10.6 Å². The van der Waals surface area contributed by atoms with E-state index in [1.54, 1.807) is 0 Å². The van der Waals surface area contributed by atoms with Gasteiger partial charge in [-0.05, 0) is 31.5 Å². The maximum absolute atomic E-state index is 13.1. The van der Waals surface area contributed by atoms with Crippen LogP contribution in [0, 0.1) is 15.9 Å². The molecule has 0 saturated carbocycles. The van der Waals surface area contributed by atoms with Crippen LogP contribution < -0.4 is 10.6 Å². The van der Waals surface area contributed by atoms with Crippen LogP contribution in [0.15, 0.2) is 18.2 Å². The molecule has 1 aromatic carbocycles. The molecule has 0 aromatic heterocycles. The summed E-state index contributed by atoms with van der Waals surface area (Å²) in [5.74, 6) is -0.806. The molecular weight excluding hydrogens is 225 g/mol. The van der Waals surface area contributed by atoms with E-state index >= 15 is 0 Å². The topological polar surface area (TPSA) is 67.2 Å². The summed E-state index contributed by atoms with van der Waals surface area (Å²) in [5.41, 5.74) is 0.0844. The number of benzene rings is 1. The molecule has 2 N–H and O–H groups in total. The molecule has 1 atom stereocenters. The zero-order chi connectivity index (χ0) is 12.3. The van der Waals surface area contributed by atoms with Gasteiger partial charge >= 0.3 is 5.69 Å². The fourth-order valence-electron chi connectivity index (χ4n) is 1.93. The van der Waals surface area contributed by atoms with Gasteiger partial charge in [0.25, 0.3) is 0 Å². The van der Waals surface area contributed by atoms with E-state index in [-0.39, 0.29) is 0 Å². The second-order valence-electron chi connectivity index (χ2n) is 4.10.